The van der Waals surface area contributed by atoms with E-state index in [0.29, 0.717) is 5.92 Å². The Morgan fingerprint density at radius 1 is 1.38 bits per heavy atom. The Kier molecular flexibility index (Phi) is 4.36. The normalized spacial score (nSPS) is 29.0. The molecular weight excluding hydrogens is 282 g/mol. The van der Waals surface area contributed by atoms with Crippen LogP contribution in [0.15, 0.2) is 6.07 Å². The van der Waals surface area contributed by atoms with Gasteiger partial charge in [-0.25, -0.2) is 0 Å². The molecule has 0 aliphatic heterocycles. The molecule has 0 atom stereocenters. The second kappa shape index (κ2) is 6.09. The van der Waals surface area contributed by atoms with Crippen molar-refractivity contribution in [2.45, 2.75) is 63.8 Å². The first-order valence-corrected chi connectivity index (χ1v) is 8.98. The lowest BCUT2D eigenvalue weighted by Gasteiger charge is -2.38. The Bertz CT molecular complexity index is 491. The first-order valence-electron chi connectivity index (χ1n) is 8.17. The molecule has 0 aromatic carbocycles. The van der Waals surface area contributed by atoms with E-state index in [-0.39, 0.29) is 12.5 Å². The van der Waals surface area contributed by atoms with Crippen LogP contribution in [0.25, 0.3) is 0 Å². The van der Waals surface area contributed by atoms with E-state index in [4.69, 9.17) is 0 Å². The lowest BCUT2D eigenvalue weighted by molar-refractivity contribution is 0.0720. The van der Waals surface area contributed by atoms with Gasteiger partial charge in [0.2, 0.25) is 0 Å². The van der Waals surface area contributed by atoms with Gasteiger partial charge in [-0.3, -0.25) is 4.79 Å². The van der Waals surface area contributed by atoms with Gasteiger partial charge in [-0.1, -0.05) is 6.92 Å². The summed E-state index contributed by atoms with van der Waals surface area (Å²) in [7, 11) is 0. The number of amides is 1. The number of aryl methyl sites for hydroxylation is 2. The smallest absolute Gasteiger partial charge is 0.261 e. The van der Waals surface area contributed by atoms with E-state index in [9.17, 15) is 9.90 Å². The maximum absolute atomic E-state index is 12.6. The van der Waals surface area contributed by atoms with Gasteiger partial charge in [0.25, 0.3) is 5.91 Å². The zero-order chi connectivity index (χ0) is 14.9. The molecule has 0 spiro atoms. The van der Waals surface area contributed by atoms with Crippen LogP contribution < -0.4 is 5.32 Å². The van der Waals surface area contributed by atoms with E-state index in [1.807, 2.05) is 0 Å². The zero-order valence-electron chi connectivity index (χ0n) is 12.8. The van der Waals surface area contributed by atoms with Gasteiger partial charge < -0.3 is 10.4 Å². The number of rotatable bonds is 3. The van der Waals surface area contributed by atoms with Crippen LogP contribution >= 0.6 is 11.3 Å². The molecule has 0 unspecified atom stereocenters. The fourth-order valence-corrected chi connectivity index (χ4v) is 4.69. The van der Waals surface area contributed by atoms with Gasteiger partial charge in [0, 0.05) is 4.88 Å². The SMILES string of the molecule is CC1CCC(CO)(NC(=O)c2cc3c(s2)CCCC3)CC1. The number of hydrogen-bond acceptors (Lipinski definition) is 3. The summed E-state index contributed by atoms with van der Waals surface area (Å²) in [6, 6.07) is 2.07. The number of nitrogens with one attached hydrogen (secondary N) is 1. The number of aliphatic hydroxyl groups excluding tert-OH is 1. The molecule has 2 N–H and O–H groups in total. The van der Waals surface area contributed by atoms with Crippen molar-refractivity contribution < 1.29 is 9.90 Å². The standard InChI is InChI=1S/C17H25NO2S/c1-12-6-8-17(11-19,9-7-12)18-16(20)15-10-13-4-2-3-5-14(13)21-15/h10,12,19H,2-9,11H2,1H3,(H,18,20). The third kappa shape index (κ3) is 3.16. The topological polar surface area (TPSA) is 49.3 Å². The van der Waals surface area contributed by atoms with E-state index in [2.05, 4.69) is 18.3 Å². The molecule has 4 heteroatoms. The number of aliphatic hydroxyl groups is 1. The van der Waals surface area contributed by atoms with Crippen molar-refractivity contribution in [3.8, 4) is 0 Å². The van der Waals surface area contributed by atoms with Crippen molar-refractivity contribution in [2.24, 2.45) is 5.92 Å². The minimum atomic E-state index is -0.395. The molecule has 1 aromatic heterocycles. The van der Waals surface area contributed by atoms with Gasteiger partial charge in [0.05, 0.1) is 17.0 Å². The van der Waals surface area contributed by atoms with E-state index < -0.39 is 5.54 Å². The van der Waals surface area contributed by atoms with E-state index in [1.54, 1.807) is 11.3 Å². The average molecular weight is 307 g/mol. The van der Waals surface area contributed by atoms with E-state index in [1.165, 1.54) is 23.3 Å². The minimum absolute atomic E-state index is 0.0120. The second-order valence-corrected chi connectivity index (χ2v) is 7.98. The highest BCUT2D eigenvalue weighted by Gasteiger charge is 2.35. The highest BCUT2D eigenvalue weighted by atomic mass is 32.1. The average Bonchev–Trinajstić information content (AvgIpc) is 2.94. The van der Waals surface area contributed by atoms with Crippen molar-refractivity contribution >= 4 is 17.2 Å². The van der Waals surface area contributed by atoms with Crippen molar-refractivity contribution in [2.75, 3.05) is 6.61 Å². The number of thiophene rings is 1. The summed E-state index contributed by atoms with van der Waals surface area (Å²) < 4.78 is 0. The van der Waals surface area contributed by atoms with Crippen LogP contribution in [0.4, 0.5) is 0 Å². The fourth-order valence-electron chi connectivity index (χ4n) is 3.54. The van der Waals surface area contributed by atoms with Gasteiger partial charge >= 0.3 is 0 Å². The molecule has 1 heterocycles. The van der Waals surface area contributed by atoms with Gasteiger partial charge in [0.1, 0.15) is 0 Å². The van der Waals surface area contributed by atoms with Crippen molar-refractivity contribution in [1.29, 1.82) is 0 Å². The van der Waals surface area contributed by atoms with E-state index in [0.717, 1.165) is 43.4 Å². The largest absolute Gasteiger partial charge is 0.394 e. The van der Waals surface area contributed by atoms with Crippen molar-refractivity contribution in [3.63, 3.8) is 0 Å². The first kappa shape index (κ1) is 15.0. The third-order valence-electron chi connectivity index (χ3n) is 5.13. The number of fused-ring (bicyclic) bond motifs is 1. The van der Waals surface area contributed by atoms with Crippen molar-refractivity contribution in [1.82, 2.24) is 5.32 Å². The Morgan fingerprint density at radius 2 is 2.10 bits per heavy atom. The van der Waals surface area contributed by atoms with Gasteiger partial charge in [-0.05, 0) is 68.9 Å². The Morgan fingerprint density at radius 3 is 2.76 bits per heavy atom. The second-order valence-electron chi connectivity index (χ2n) is 6.84. The summed E-state index contributed by atoms with van der Waals surface area (Å²) in [6.45, 7) is 2.30. The summed E-state index contributed by atoms with van der Waals surface area (Å²) >= 11 is 1.65. The molecule has 1 fully saturated rings. The minimum Gasteiger partial charge on any atom is -0.394 e. The number of hydrogen-bond donors (Lipinski definition) is 2. The molecule has 116 valence electrons. The molecular formula is C17H25NO2S. The summed E-state index contributed by atoms with van der Waals surface area (Å²) in [5.74, 6) is 0.716. The van der Waals surface area contributed by atoms with Crippen LogP contribution in [0.3, 0.4) is 0 Å². The van der Waals surface area contributed by atoms with Crippen LogP contribution in [0.1, 0.15) is 65.6 Å². The maximum Gasteiger partial charge on any atom is 0.261 e. The van der Waals surface area contributed by atoms with Crippen LogP contribution in [0.2, 0.25) is 0 Å². The summed E-state index contributed by atoms with van der Waals surface area (Å²) in [4.78, 5) is 14.8. The predicted octanol–water partition coefficient (Wildman–Crippen LogP) is 3.30. The summed E-state index contributed by atoms with van der Waals surface area (Å²) in [5.41, 5.74) is 0.973. The molecule has 1 amide bonds. The number of carbonyl (C=O) groups excluding carboxylic acids is 1. The van der Waals surface area contributed by atoms with Gasteiger partial charge in [0.15, 0.2) is 0 Å². The molecule has 1 saturated carbocycles. The molecule has 3 rings (SSSR count). The lowest BCUT2D eigenvalue weighted by Crippen LogP contribution is -2.53. The predicted molar refractivity (Wildman–Crippen MR) is 85.9 cm³/mol. The molecule has 0 saturated heterocycles. The summed E-state index contributed by atoms with van der Waals surface area (Å²) in [6.07, 6.45) is 8.67. The first-order chi connectivity index (χ1) is 10.1. The molecule has 1 aromatic rings. The molecule has 21 heavy (non-hydrogen) atoms. The fraction of sp³-hybridized carbons (Fsp3) is 0.706. The maximum atomic E-state index is 12.6. The van der Waals surface area contributed by atoms with Crippen LogP contribution in [-0.4, -0.2) is 23.2 Å². The molecule has 2 aliphatic carbocycles. The molecule has 3 nitrogen and oxygen atoms in total. The molecule has 0 bridgehead atoms. The Hall–Kier alpha value is -0.870. The summed E-state index contributed by atoms with van der Waals surface area (Å²) in [5, 5.41) is 12.9. The van der Waals surface area contributed by atoms with Crippen molar-refractivity contribution in [3.05, 3.63) is 21.4 Å². The quantitative estimate of drug-likeness (QED) is 0.900. The monoisotopic (exact) mass is 307 g/mol. The molecule has 2 aliphatic rings. The van der Waals surface area contributed by atoms with Crippen LogP contribution in [0, 0.1) is 5.92 Å². The zero-order valence-corrected chi connectivity index (χ0v) is 13.6. The third-order valence-corrected chi connectivity index (χ3v) is 6.37. The molecule has 0 radical (unpaired) electrons. The highest BCUT2D eigenvalue weighted by molar-refractivity contribution is 7.14. The van der Waals surface area contributed by atoms with Gasteiger partial charge in [-0.2, -0.15) is 0 Å². The Labute approximate surface area is 130 Å². The number of carbonyl (C=O) groups is 1. The lowest BCUT2D eigenvalue weighted by atomic mass is 9.77. The highest BCUT2D eigenvalue weighted by Crippen LogP contribution is 2.33. The van der Waals surface area contributed by atoms with Crippen LogP contribution in [-0.2, 0) is 12.8 Å². The van der Waals surface area contributed by atoms with Gasteiger partial charge in [-0.15, -0.1) is 11.3 Å². The van der Waals surface area contributed by atoms with Crippen LogP contribution in [0.5, 0.6) is 0 Å². The van der Waals surface area contributed by atoms with E-state index >= 15 is 0 Å². The Balaban J connectivity index is 1.71.